The Hall–Kier alpha value is -2.95. The number of aromatic nitrogens is 1. The number of anilines is 1. The Bertz CT molecular complexity index is 913. The molecule has 140 valence electrons. The SMILES string of the molecule is CCCCCCOc1cc2cc(C(=O)Nc3ccccc3)ccc2nc1F. The minimum Gasteiger partial charge on any atom is -0.489 e. The number of ether oxygens (including phenoxy) is 1. The van der Waals surface area contributed by atoms with Crippen LogP contribution in [0.5, 0.6) is 5.75 Å². The van der Waals surface area contributed by atoms with Gasteiger partial charge in [-0.05, 0) is 42.8 Å². The summed E-state index contributed by atoms with van der Waals surface area (Å²) in [5.41, 5.74) is 1.69. The van der Waals surface area contributed by atoms with Gasteiger partial charge in [-0.1, -0.05) is 44.4 Å². The fourth-order valence-electron chi connectivity index (χ4n) is 2.81. The van der Waals surface area contributed by atoms with Gasteiger partial charge in [0, 0.05) is 16.6 Å². The Morgan fingerprint density at radius 1 is 1.07 bits per heavy atom. The summed E-state index contributed by atoms with van der Waals surface area (Å²) in [6.07, 6.45) is 4.22. The fourth-order valence-corrected chi connectivity index (χ4v) is 2.81. The number of benzene rings is 2. The highest BCUT2D eigenvalue weighted by atomic mass is 19.1. The maximum Gasteiger partial charge on any atom is 0.255 e. The summed E-state index contributed by atoms with van der Waals surface area (Å²) in [5, 5.41) is 3.51. The molecule has 1 amide bonds. The lowest BCUT2D eigenvalue weighted by molar-refractivity contribution is 0.102. The van der Waals surface area contributed by atoms with Gasteiger partial charge in [-0.3, -0.25) is 4.79 Å². The van der Waals surface area contributed by atoms with Crippen LogP contribution in [0.1, 0.15) is 43.0 Å². The first-order valence-corrected chi connectivity index (χ1v) is 9.27. The van der Waals surface area contributed by atoms with Crippen molar-refractivity contribution in [1.29, 1.82) is 0 Å². The van der Waals surface area contributed by atoms with Crippen LogP contribution in [0.4, 0.5) is 10.1 Å². The van der Waals surface area contributed by atoms with Crippen molar-refractivity contribution in [2.24, 2.45) is 0 Å². The molecule has 3 aromatic rings. The van der Waals surface area contributed by atoms with Gasteiger partial charge in [-0.25, -0.2) is 4.98 Å². The van der Waals surface area contributed by atoms with Crippen LogP contribution in [0.15, 0.2) is 54.6 Å². The first kappa shape index (κ1) is 18.8. The molecule has 0 aliphatic rings. The second kappa shape index (κ2) is 9.12. The summed E-state index contributed by atoms with van der Waals surface area (Å²) in [5.74, 6) is -0.728. The molecule has 0 saturated carbocycles. The minimum absolute atomic E-state index is 0.125. The summed E-state index contributed by atoms with van der Waals surface area (Å²) in [4.78, 5) is 16.4. The summed E-state index contributed by atoms with van der Waals surface area (Å²) in [7, 11) is 0. The predicted molar refractivity (Wildman–Crippen MR) is 106 cm³/mol. The molecule has 0 unspecified atom stereocenters. The number of unbranched alkanes of at least 4 members (excludes halogenated alkanes) is 3. The fraction of sp³-hybridized carbons (Fsp3) is 0.273. The number of nitrogens with zero attached hydrogens (tertiary/aromatic N) is 1. The monoisotopic (exact) mass is 366 g/mol. The van der Waals surface area contributed by atoms with Crippen LogP contribution in [0, 0.1) is 5.95 Å². The van der Waals surface area contributed by atoms with E-state index in [4.69, 9.17) is 4.74 Å². The van der Waals surface area contributed by atoms with Crippen molar-refractivity contribution in [3.8, 4) is 5.75 Å². The van der Waals surface area contributed by atoms with E-state index in [9.17, 15) is 9.18 Å². The van der Waals surface area contributed by atoms with Gasteiger partial charge in [0.15, 0.2) is 5.75 Å². The van der Waals surface area contributed by atoms with E-state index in [-0.39, 0.29) is 11.7 Å². The van der Waals surface area contributed by atoms with Crippen molar-refractivity contribution in [2.75, 3.05) is 11.9 Å². The molecule has 0 atom stereocenters. The van der Waals surface area contributed by atoms with Crippen LogP contribution >= 0.6 is 0 Å². The molecule has 4 nitrogen and oxygen atoms in total. The Kier molecular flexibility index (Phi) is 6.36. The number of fused-ring (bicyclic) bond motifs is 1. The molecule has 0 radical (unpaired) electrons. The molecule has 0 spiro atoms. The maximum atomic E-state index is 14.1. The van der Waals surface area contributed by atoms with Crippen LogP contribution in [-0.4, -0.2) is 17.5 Å². The molecule has 1 aromatic heterocycles. The topological polar surface area (TPSA) is 51.2 Å². The van der Waals surface area contributed by atoms with Crippen LogP contribution in [-0.2, 0) is 0 Å². The van der Waals surface area contributed by atoms with E-state index in [2.05, 4.69) is 17.2 Å². The quantitative estimate of drug-likeness (QED) is 0.418. The average molecular weight is 366 g/mol. The molecule has 0 saturated heterocycles. The number of amides is 1. The number of nitrogens with one attached hydrogen (secondary N) is 1. The molecule has 0 aliphatic carbocycles. The zero-order valence-electron chi connectivity index (χ0n) is 15.4. The molecular formula is C22H23FN2O2. The van der Waals surface area contributed by atoms with Gasteiger partial charge in [-0.2, -0.15) is 4.39 Å². The number of carbonyl (C=O) groups excluding carboxylic acids is 1. The number of para-hydroxylation sites is 1. The van der Waals surface area contributed by atoms with Crippen molar-refractivity contribution in [2.45, 2.75) is 32.6 Å². The van der Waals surface area contributed by atoms with Crippen molar-refractivity contribution < 1.29 is 13.9 Å². The minimum atomic E-state index is -0.625. The molecule has 0 bridgehead atoms. The zero-order valence-corrected chi connectivity index (χ0v) is 15.4. The Morgan fingerprint density at radius 2 is 1.89 bits per heavy atom. The van der Waals surface area contributed by atoms with Gasteiger partial charge in [0.25, 0.3) is 11.9 Å². The number of halogens is 1. The third kappa shape index (κ3) is 5.03. The van der Waals surface area contributed by atoms with Crippen molar-refractivity contribution in [1.82, 2.24) is 4.98 Å². The molecule has 27 heavy (non-hydrogen) atoms. The second-order valence-corrected chi connectivity index (χ2v) is 6.41. The van der Waals surface area contributed by atoms with E-state index < -0.39 is 5.95 Å². The Morgan fingerprint density at radius 3 is 2.67 bits per heavy atom. The first-order chi connectivity index (χ1) is 13.2. The highest BCUT2D eigenvalue weighted by Crippen LogP contribution is 2.24. The van der Waals surface area contributed by atoms with E-state index in [1.54, 1.807) is 24.3 Å². The van der Waals surface area contributed by atoms with E-state index >= 15 is 0 Å². The van der Waals surface area contributed by atoms with Gasteiger partial charge >= 0.3 is 0 Å². The second-order valence-electron chi connectivity index (χ2n) is 6.41. The average Bonchev–Trinajstić information content (AvgIpc) is 2.68. The Balaban J connectivity index is 1.75. The van der Waals surface area contributed by atoms with Crippen LogP contribution in [0.3, 0.4) is 0 Å². The predicted octanol–water partition coefficient (Wildman–Crippen LogP) is 5.59. The van der Waals surface area contributed by atoms with E-state index in [1.165, 1.54) is 0 Å². The Labute approximate surface area is 158 Å². The summed E-state index contributed by atoms with van der Waals surface area (Å²) in [6.45, 7) is 2.59. The lowest BCUT2D eigenvalue weighted by Crippen LogP contribution is -2.11. The molecule has 2 aromatic carbocycles. The number of hydrogen-bond donors (Lipinski definition) is 1. The van der Waals surface area contributed by atoms with Crippen LogP contribution < -0.4 is 10.1 Å². The third-order valence-electron chi connectivity index (χ3n) is 4.29. The molecule has 0 aliphatic heterocycles. The van der Waals surface area contributed by atoms with Crippen LogP contribution in [0.25, 0.3) is 10.9 Å². The molecule has 0 fully saturated rings. The lowest BCUT2D eigenvalue weighted by Gasteiger charge is -2.09. The van der Waals surface area contributed by atoms with Gasteiger partial charge in [0.1, 0.15) is 0 Å². The first-order valence-electron chi connectivity index (χ1n) is 9.27. The number of rotatable bonds is 8. The van der Waals surface area contributed by atoms with Crippen LogP contribution in [0.2, 0.25) is 0 Å². The summed E-state index contributed by atoms with van der Waals surface area (Å²) >= 11 is 0. The van der Waals surface area contributed by atoms with Gasteiger partial charge in [-0.15, -0.1) is 0 Å². The molecule has 1 N–H and O–H groups in total. The number of pyridine rings is 1. The molecule has 3 rings (SSSR count). The van der Waals surface area contributed by atoms with E-state index in [1.807, 2.05) is 30.3 Å². The smallest absolute Gasteiger partial charge is 0.255 e. The standard InChI is InChI=1S/C22H23FN2O2/c1-2-3-4-8-13-27-20-15-17-14-16(11-12-19(17)25-21(20)23)22(26)24-18-9-6-5-7-10-18/h5-7,9-12,14-15H,2-4,8,13H2,1H3,(H,24,26). The largest absolute Gasteiger partial charge is 0.489 e. The van der Waals surface area contributed by atoms with Crippen molar-refractivity contribution in [3.05, 3.63) is 66.1 Å². The normalized spacial score (nSPS) is 10.7. The van der Waals surface area contributed by atoms with E-state index in [0.717, 1.165) is 31.4 Å². The molecule has 5 heteroatoms. The number of hydrogen-bond acceptors (Lipinski definition) is 3. The lowest BCUT2D eigenvalue weighted by atomic mass is 10.1. The third-order valence-corrected chi connectivity index (χ3v) is 4.29. The van der Waals surface area contributed by atoms with Gasteiger partial charge < -0.3 is 10.1 Å². The highest BCUT2D eigenvalue weighted by molar-refractivity contribution is 6.06. The van der Waals surface area contributed by atoms with Gasteiger partial charge in [0.05, 0.1) is 12.1 Å². The molecule has 1 heterocycles. The van der Waals surface area contributed by atoms with Crippen molar-refractivity contribution >= 4 is 22.5 Å². The summed E-state index contributed by atoms with van der Waals surface area (Å²) in [6, 6.07) is 15.8. The molecular weight excluding hydrogens is 343 g/mol. The zero-order chi connectivity index (χ0) is 19.1. The highest BCUT2D eigenvalue weighted by Gasteiger charge is 2.11. The van der Waals surface area contributed by atoms with Crippen molar-refractivity contribution in [3.63, 3.8) is 0 Å². The van der Waals surface area contributed by atoms with Gasteiger partial charge in [0.2, 0.25) is 0 Å². The maximum absolute atomic E-state index is 14.1. The number of carbonyl (C=O) groups is 1. The van der Waals surface area contributed by atoms with E-state index in [0.29, 0.717) is 23.1 Å². The summed E-state index contributed by atoms with van der Waals surface area (Å²) < 4.78 is 19.7.